The Morgan fingerprint density at radius 3 is 0.841 bits per heavy atom. The number of rotatable bonds is 56. The molecule has 0 aliphatic heterocycles. The summed E-state index contributed by atoms with van der Waals surface area (Å²) < 4.78 is 16.9. The minimum absolute atomic E-state index is 0.0743. The zero-order chi connectivity index (χ0) is 50.0. The number of hydrogen-bond acceptors (Lipinski definition) is 6. The molecule has 0 aromatic heterocycles. The van der Waals surface area contributed by atoms with Gasteiger partial charge in [0, 0.05) is 19.3 Å². The first kappa shape index (κ1) is 66.6. The third kappa shape index (κ3) is 56.4. The van der Waals surface area contributed by atoms with E-state index in [-0.39, 0.29) is 31.1 Å². The molecule has 404 valence electrons. The van der Waals surface area contributed by atoms with Crippen molar-refractivity contribution in [1.82, 2.24) is 0 Å². The lowest BCUT2D eigenvalue weighted by Crippen LogP contribution is -2.30. The minimum atomic E-state index is -0.777. The summed E-state index contributed by atoms with van der Waals surface area (Å²) in [6, 6.07) is 0. The molecule has 0 amide bonds. The molecular weight excluding hydrogens is 853 g/mol. The maximum absolute atomic E-state index is 12.9. The maximum Gasteiger partial charge on any atom is 0.306 e. The molecule has 69 heavy (non-hydrogen) atoms. The number of ether oxygens (including phenoxy) is 3. The van der Waals surface area contributed by atoms with Gasteiger partial charge in [0.05, 0.1) is 0 Å². The zero-order valence-electron chi connectivity index (χ0n) is 46.3. The van der Waals surface area contributed by atoms with Gasteiger partial charge in [0.1, 0.15) is 13.2 Å². The lowest BCUT2D eigenvalue weighted by molar-refractivity contribution is -0.167. The van der Waals surface area contributed by atoms with Crippen LogP contribution in [0.15, 0.2) is 36.5 Å². The van der Waals surface area contributed by atoms with E-state index >= 15 is 0 Å². The van der Waals surface area contributed by atoms with Crippen LogP contribution in [0, 0.1) is 0 Å². The number of carbonyl (C=O) groups is 3. The summed E-state index contributed by atoms with van der Waals surface area (Å²) in [4.78, 5) is 38.2. The summed E-state index contributed by atoms with van der Waals surface area (Å²) in [7, 11) is 0. The molecule has 0 N–H and O–H groups in total. The normalized spacial score (nSPS) is 12.2. The number of hydrogen-bond donors (Lipinski definition) is 0. The summed E-state index contributed by atoms with van der Waals surface area (Å²) in [5, 5.41) is 0. The van der Waals surface area contributed by atoms with Crippen LogP contribution in [-0.2, 0) is 28.6 Å². The molecule has 0 fully saturated rings. The lowest BCUT2D eigenvalue weighted by atomic mass is 10.0. The fourth-order valence-corrected chi connectivity index (χ4v) is 9.00. The molecule has 0 radical (unpaired) electrons. The molecule has 1 unspecified atom stereocenters. The third-order valence-electron chi connectivity index (χ3n) is 13.6. The van der Waals surface area contributed by atoms with E-state index in [0.717, 1.165) is 77.0 Å². The van der Waals surface area contributed by atoms with Gasteiger partial charge in [-0.05, 0) is 77.0 Å². The molecule has 0 aliphatic carbocycles. The molecule has 1 atom stereocenters. The standard InChI is InChI=1S/C63H116O6/c1-4-7-10-13-16-19-22-25-27-29-30-31-32-33-35-36-38-41-44-47-50-53-56-62(65)68-59-60(58-67-61(64)55-52-49-46-43-40-24-21-18-15-12-9-6-3)69-63(66)57-54-51-48-45-42-39-37-34-28-26-23-20-17-14-11-8-5-2/h17-18,20-21,26,28,60H,4-16,19,22-25,27,29-59H2,1-3H3/b20-17-,21-18-,28-26-. The van der Waals surface area contributed by atoms with Crippen LogP contribution in [0.4, 0.5) is 0 Å². The van der Waals surface area contributed by atoms with Crippen LogP contribution in [0.1, 0.15) is 329 Å². The van der Waals surface area contributed by atoms with Gasteiger partial charge in [0.2, 0.25) is 0 Å². The summed E-state index contributed by atoms with van der Waals surface area (Å²) in [6.45, 7) is 6.63. The van der Waals surface area contributed by atoms with Crippen molar-refractivity contribution in [3.63, 3.8) is 0 Å². The van der Waals surface area contributed by atoms with Crippen molar-refractivity contribution in [3.05, 3.63) is 36.5 Å². The Bertz CT molecular complexity index is 1160. The van der Waals surface area contributed by atoms with Crippen molar-refractivity contribution in [2.24, 2.45) is 0 Å². The third-order valence-corrected chi connectivity index (χ3v) is 13.6. The Morgan fingerprint density at radius 1 is 0.290 bits per heavy atom. The second-order valence-corrected chi connectivity index (χ2v) is 20.6. The molecule has 0 bridgehead atoms. The van der Waals surface area contributed by atoms with Crippen LogP contribution >= 0.6 is 0 Å². The average molecular weight is 970 g/mol. The molecule has 0 aromatic carbocycles. The Labute approximate surface area is 429 Å². The zero-order valence-corrected chi connectivity index (χ0v) is 46.3. The quantitative estimate of drug-likeness (QED) is 0.0261. The Kier molecular flexibility index (Phi) is 56.2. The highest BCUT2D eigenvalue weighted by Gasteiger charge is 2.19. The van der Waals surface area contributed by atoms with Gasteiger partial charge in [-0.25, -0.2) is 0 Å². The van der Waals surface area contributed by atoms with E-state index in [1.165, 1.54) is 212 Å². The van der Waals surface area contributed by atoms with Crippen LogP contribution in [-0.4, -0.2) is 37.2 Å². The van der Waals surface area contributed by atoms with Gasteiger partial charge < -0.3 is 14.2 Å². The predicted molar refractivity (Wildman–Crippen MR) is 298 cm³/mol. The Balaban J connectivity index is 4.27. The van der Waals surface area contributed by atoms with Gasteiger partial charge in [-0.1, -0.05) is 269 Å². The van der Waals surface area contributed by atoms with Crippen LogP contribution in [0.25, 0.3) is 0 Å². The van der Waals surface area contributed by atoms with Crippen LogP contribution in [0.2, 0.25) is 0 Å². The fourth-order valence-electron chi connectivity index (χ4n) is 9.00. The average Bonchev–Trinajstić information content (AvgIpc) is 3.35. The van der Waals surface area contributed by atoms with Gasteiger partial charge in [-0.3, -0.25) is 14.4 Å². The molecule has 0 rings (SSSR count). The van der Waals surface area contributed by atoms with E-state index in [9.17, 15) is 14.4 Å². The van der Waals surface area contributed by atoms with Crippen LogP contribution < -0.4 is 0 Å². The number of carbonyl (C=O) groups excluding carboxylic acids is 3. The van der Waals surface area contributed by atoms with Gasteiger partial charge in [0.25, 0.3) is 0 Å². The fraction of sp³-hybridized carbons (Fsp3) is 0.857. The van der Waals surface area contributed by atoms with Gasteiger partial charge >= 0.3 is 17.9 Å². The van der Waals surface area contributed by atoms with E-state index in [1.807, 2.05) is 0 Å². The molecular formula is C63H116O6. The maximum atomic E-state index is 12.9. The van der Waals surface area contributed by atoms with E-state index in [1.54, 1.807) is 0 Å². The Hall–Kier alpha value is -2.37. The predicted octanol–water partition coefficient (Wildman–Crippen LogP) is 20.4. The monoisotopic (exact) mass is 969 g/mol. The highest BCUT2D eigenvalue weighted by Crippen LogP contribution is 2.17. The van der Waals surface area contributed by atoms with Gasteiger partial charge in [-0.15, -0.1) is 0 Å². The molecule has 6 nitrogen and oxygen atoms in total. The summed E-state index contributed by atoms with van der Waals surface area (Å²) in [5.74, 6) is -0.873. The summed E-state index contributed by atoms with van der Waals surface area (Å²) in [5.41, 5.74) is 0. The van der Waals surface area contributed by atoms with Crippen molar-refractivity contribution in [1.29, 1.82) is 0 Å². The van der Waals surface area contributed by atoms with Crippen molar-refractivity contribution >= 4 is 17.9 Å². The molecule has 0 spiro atoms. The van der Waals surface area contributed by atoms with E-state index in [0.29, 0.717) is 19.3 Å². The molecule has 0 saturated heterocycles. The van der Waals surface area contributed by atoms with Gasteiger partial charge in [-0.2, -0.15) is 0 Å². The van der Waals surface area contributed by atoms with Gasteiger partial charge in [0.15, 0.2) is 6.10 Å². The smallest absolute Gasteiger partial charge is 0.306 e. The topological polar surface area (TPSA) is 78.9 Å². The largest absolute Gasteiger partial charge is 0.462 e. The highest BCUT2D eigenvalue weighted by molar-refractivity contribution is 5.71. The van der Waals surface area contributed by atoms with Crippen LogP contribution in [0.3, 0.4) is 0 Å². The second kappa shape index (κ2) is 58.2. The first-order valence-electron chi connectivity index (χ1n) is 30.5. The number of unbranched alkanes of at least 4 members (excludes halogenated alkanes) is 39. The lowest BCUT2D eigenvalue weighted by Gasteiger charge is -2.18. The first-order chi connectivity index (χ1) is 34.0. The number of esters is 3. The molecule has 0 heterocycles. The Morgan fingerprint density at radius 2 is 0.522 bits per heavy atom. The van der Waals surface area contributed by atoms with Crippen LogP contribution in [0.5, 0.6) is 0 Å². The van der Waals surface area contributed by atoms with E-state index in [2.05, 4.69) is 57.2 Å². The van der Waals surface area contributed by atoms with E-state index < -0.39 is 6.10 Å². The van der Waals surface area contributed by atoms with Crippen molar-refractivity contribution in [2.45, 2.75) is 335 Å². The second-order valence-electron chi connectivity index (χ2n) is 20.6. The number of allylic oxidation sites excluding steroid dienone is 6. The van der Waals surface area contributed by atoms with Crippen molar-refractivity contribution in [2.75, 3.05) is 13.2 Å². The highest BCUT2D eigenvalue weighted by atomic mass is 16.6. The molecule has 6 heteroatoms. The van der Waals surface area contributed by atoms with Crippen molar-refractivity contribution < 1.29 is 28.6 Å². The molecule has 0 saturated carbocycles. The summed E-state index contributed by atoms with van der Waals surface area (Å²) >= 11 is 0. The SMILES string of the molecule is CCCCC/C=C\C/C=C\CCCCCCCCCC(=O)OC(COC(=O)CCCCCCC/C=C\CCCCC)COC(=O)CCCCCCCCCCCCCCCCCCCCCCCC. The first-order valence-corrected chi connectivity index (χ1v) is 30.5. The minimum Gasteiger partial charge on any atom is -0.462 e. The molecule has 0 aromatic rings. The van der Waals surface area contributed by atoms with E-state index in [4.69, 9.17) is 14.2 Å². The molecule has 0 aliphatic rings. The summed E-state index contributed by atoms with van der Waals surface area (Å²) in [6.07, 6.45) is 70.0. The van der Waals surface area contributed by atoms with Crippen molar-refractivity contribution in [3.8, 4) is 0 Å².